The van der Waals surface area contributed by atoms with Gasteiger partial charge < -0.3 is 20.3 Å². The molecule has 2 aromatic carbocycles. The number of fused-ring (bicyclic) bond motifs is 2. The highest BCUT2D eigenvalue weighted by Gasteiger charge is 2.58. The number of piperidine rings is 1. The van der Waals surface area contributed by atoms with Gasteiger partial charge in [-0.3, -0.25) is 4.79 Å². The molecule has 0 bridgehead atoms. The number of ether oxygens (including phenoxy) is 1. The summed E-state index contributed by atoms with van der Waals surface area (Å²) in [6.45, 7) is 4.61. The molecule has 4 aliphatic rings. The van der Waals surface area contributed by atoms with Gasteiger partial charge in [0.05, 0.1) is 32.3 Å². The third-order valence-electron chi connectivity index (χ3n) is 10.1. The van der Waals surface area contributed by atoms with Gasteiger partial charge in [0.2, 0.25) is 5.91 Å². The molecule has 3 aliphatic heterocycles. The van der Waals surface area contributed by atoms with Gasteiger partial charge >= 0.3 is 0 Å². The summed E-state index contributed by atoms with van der Waals surface area (Å²) in [7, 11) is 1.76. The Morgan fingerprint density at radius 1 is 1.03 bits per heavy atom. The number of halogens is 1. The van der Waals surface area contributed by atoms with Crippen molar-refractivity contribution >= 4 is 21.8 Å². The Bertz CT molecular complexity index is 1120. The van der Waals surface area contributed by atoms with Crippen LogP contribution >= 0.6 is 15.9 Å². The number of benzene rings is 2. The summed E-state index contributed by atoms with van der Waals surface area (Å²) in [5, 5.41) is 4.79. The molecule has 1 unspecified atom stereocenters. The molecular weight excluding hydrogens is 526 g/mol. The van der Waals surface area contributed by atoms with Crippen molar-refractivity contribution in [2.75, 3.05) is 33.3 Å². The summed E-state index contributed by atoms with van der Waals surface area (Å²) in [5.74, 6) is 2.57. The predicted molar refractivity (Wildman–Crippen MR) is 149 cm³/mol. The summed E-state index contributed by atoms with van der Waals surface area (Å²) in [6, 6.07) is 15.6. The van der Waals surface area contributed by atoms with Gasteiger partial charge in [-0.2, -0.15) is 0 Å². The lowest BCUT2D eigenvalue weighted by Gasteiger charge is -2.47. The predicted octanol–water partition coefficient (Wildman–Crippen LogP) is 3.32. The van der Waals surface area contributed by atoms with Gasteiger partial charge in [0.1, 0.15) is 23.6 Å². The van der Waals surface area contributed by atoms with Crippen LogP contribution in [0.5, 0.6) is 5.75 Å². The van der Waals surface area contributed by atoms with Gasteiger partial charge in [0, 0.05) is 17.1 Å². The molecule has 37 heavy (non-hydrogen) atoms. The first-order chi connectivity index (χ1) is 18.1. The summed E-state index contributed by atoms with van der Waals surface area (Å²) in [5.41, 5.74) is 3.89. The van der Waals surface area contributed by atoms with Crippen molar-refractivity contribution in [3.05, 3.63) is 63.6 Å². The van der Waals surface area contributed by atoms with E-state index in [4.69, 9.17) is 4.74 Å². The summed E-state index contributed by atoms with van der Waals surface area (Å²) in [6.07, 6.45) is 8.72. The first-order valence-electron chi connectivity index (χ1n) is 14.5. The zero-order chi connectivity index (χ0) is 25.4. The number of quaternary nitrogens is 2. The van der Waals surface area contributed by atoms with E-state index in [1.54, 1.807) is 7.11 Å². The van der Waals surface area contributed by atoms with Crippen molar-refractivity contribution in [2.45, 2.75) is 68.9 Å². The van der Waals surface area contributed by atoms with Crippen molar-refractivity contribution in [3.63, 3.8) is 0 Å². The number of carbonyl (C=O) groups excluding carboxylic acids is 1. The highest BCUT2D eigenvalue weighted by molar-refractivity contribution is 9.10. The second-order valence-corrected chi connectivity index (χ2v) is 12.7. The molecule has 5 nitrogen and oxygen atoms in total. The average molecular weight is 569 g/mol. The number of likely N-dealkylation sites (tertiary alicyclic amines) is 1. The van der Waals surface area contributed by atoms with Gasteiger partial charge in [-0.25, -0.2) is 0 Å². The molecule has 4 atom stereocenters. The van der Waals surface area contributed by atoms with Crippen molar-refractivity contribution in [2.24, 2.45) is 11.8 Å². The Kier molecular flexibility index (Phi) is 7.34. The Morgan fingerprint density at radius 2 is 1.81 bits per heavy atom. The molecule has 2 aromatic rings. The fraction of sp³-hybridized carbons (Fsp3) is 0.581. The lowest BCUT2D eigenvalue weighted by molar-refractivity contribution is -0.691. The first-order valence-corrected chi connectivity index (χ1v) is 15.3. The summed E-state index contributed by atoms with van der Waals surface area (Å²) >= 11 is 3.90. The van der Waals surface area contributed by atoms with Crippen LogP contribution in [0, 0.1) is 11.8 Å². The van der Waals surface area contributed by atoms with Gasteiger partial charge in [-0.15, -0.1) is 0 Å². The molecule has 2 saturated heterocycles. The maximum Gasteiger partial charge on any atom is 0.233 e. The summed E-state index contributed by atoms with van der Waals surface area (Å²) in [4.78, 5) is 17.1. The number of carbonyl (C=O) groups is 1. The highest BCUT2D eigenvalue weighted by atomic mass is 79.9. The third-order valence-corrected chi connectivity index (χ3v) is 10.7. The molecule has 0 aromatic heterocycles. The van der Waals surface area contributed by atoms with E-state index >= 15 is 0 Å². The van der Waals surface area contributed by atoms with E-state index in [0.29, 0.717) is 23.8 Å². The van der Waals surface area contributed by atoms with Crippen LogP contribution in [0.4, 0.5) is 0 Å². The van der Waals surface area contributed by atoms with E-state index < -0.39 is 0 Å². The molecule has 6 rings (SSSR count). The molecule has 3 heterocycles. The topological polar surface area (TPSA) is 62.8 Å². The lowest BCUT2D eigenvalue weighted by Crippen LogP contribution is -2.91. The van der Waals surface area contributed by atoms with Gasteiger partial charge in [-0.1, -0.05) is 65.5 Å². The normalized spacial score (nSPS) is 30.3. The number of hydrogen-bond acceptors (Lipinski definition) is 2. The molecule has 6 heteroatoms. The van der Waals surface area contributed by atoms with Crippen molar-refractivity contribution in [3.8, 4) is 5.75 Å². The number of rotatable bonds is 4. The van der Waals surface area contributed by atoms with Crippen LogP contribution in [0.3, 0.4) is 0 Å². The summed E-state index contributed by atoms with van der Waals surface area (Å²) < 4.78 is 6.92. The van der Waals surface area contributed by atoms with E-state index in [2.05, 4.69) is 73.9 Å². The first kappa shape index (κ1) is 25.4. The Labute approximate surface area is 229 Å². The van der Waals surface area contributed by atoms with Gasteiger partial charge in [0.15, 0.2) is 0 Å². The number of nitrogens with zero attached hydrogens (tertiary/aromatic N) is 1. The number of methoxy groups -OCH3 is 1. The number of nitrogens with two attached hydrogens (primary N) is 2. The minimum atomic E-state index is -0.161. The van der Waals surface area contributed by atoms with Crippen molar-refractivity contribution < 1.29 is 20.2 Å². The van der Waals surface area contributed by atoms with Crippen LogP contribution in [-0.4, -0.2) is 50.1 Å². The molecular formula is C31H42BrN3O2+2. The SMILES string of the molecule is COc1ccc(Br)c2c1C[NH2+]C[C@]21C[NH2+]CC1C(=O)N1CC[C@@H](c2ccccc2)C[C@H]1C1CCCCC1. The van der Waals surface area contributed by atoms with Crippen LogP contribution in [-0.2, 0) is 16.8 Å². The minimum Gasteiger partial charge on any atom is -0.496 e. The smallest absolute Gasteiger partial charge is 0.233 e. The molecule has 1 saturated carbocycles. The van der Waals surface area contributed by atoms with Crippen LogP contribution in [0.25, 0.3) is 0 Å². The van der Waals surface area contributed by atoms with Crippen LogP contribution in [0.1, 0.15) is 67.6 Å². The average Bonchev–Trinajstić information content (AvgIpc) is 3.37. The number of amides is 1. The maximum atomic E-state index is 14.7. The molecule has 198 valence electrons. The van der Waals surface area contributed by atoms with Gasteiger partial charge in [0.25, 0.3) is 0 Å². The zero-order valence-electron chi connectivity index (χ0n) is 22.1. The fourth-order valence-corrected chi connectivity index (χ4v) is 9.05. The van der Waals surface area contributed by atoms with Crippen LogP contribution < -0.4 is 15.4 Å². The molecule has 1 spiro atoms. The fourth-order valence-electron chi connectivity index (χ4n) is 8.29. The van der Waals surface area contributed by atoms with Crippen molar-refractivity contribution in [1.82, 2.24) is 4.90 Å². The Hall–Kier alpha value is -1.89. The highest BCUT2D eigenvalue weighted by Crippen LogP contribution is 2.46. The monoisotopic (exact) mass is 567 g/mol. The second-order valence-electron chi connectivity index (χ2n) is 11.9. The third kappa shape index (κ3) is 4.53. The van der Waals surface area contributed by atoms with E-state index in [1.807, 2.05) is 0 Å². The Balaban J connectivity index is 1.33. The molecule has 3 fully saturated rings. The van der Waals surface area contributed by atoms with E-state index in [9.17, 15) is 4.79 Å². The largest absolute Gasteiger partial charge is 0.496 e. The molecule has 0 radical (unpaired) electrons. The second kappa shape index (κ2) is 10.7. The molecule has 1 amide bonds. The minimum absolute atomic E-state index is 0.00516. The van der Waals surface area contributed by atoms with E-state index in [-0.39, 0.29) is 11.3 Å². The van der Waals surface area contributed by atoms with Crippen LogP contribution in [0.15, 0.2) is 46.9 Å². The van der Waals surface area contributed by atoms with E-state index in [1.165, 1.54) is 48.8 Å². The lowest BCUT2D eigenvalue weighted by atomic mass is 9.67. The van der Waals surface area contributed by atoms with E-state index in [0.717, 1.165) is 55.8 Å². The standard InChI is InChI=1S/C31H40BrN3O2/c1-37-28-13-12-26(32)29-24(28)17-33-19-31(29)20-34-18-25(31)30(36)35-15-14-23(21-8-4-2-5-9-21)16-27(35)22-10-6-3-7-11-22/h2,4-5,8-9,12-13,22-23,25,27,33-34H,3,6-7,10-11,14-20H2,1H3/p+2/t23-,25?,27+,31-/m1/s1. The van der Waals surface area contributed by atoms with Gasteiger partial charge in [-0.05, 0) is 60.8 Å². The molecule has 1 aliphatic carbocycles. The number of hydrogen-bond donors (Lipinski definition) is 2. The maximum absolute atomic E-state index is 14.7. The Morgan fingerprint density at radius 3 is 2.59 bits per heavy atom. The van der Waals surface area contributed by atoms with Crippen molar-refractivity contribution in [1.29, 1.82) is 0 Å². The van der Waals surface area contributed by atoms with Crippen LogP contribution in [0.2, 0.25) is 0 Å². The quantitative estimate of drug-likeness (QED) is 0.595. The molecule has 4 N–H and O–H groups in total. The zero-order valence-corrected chi connectivity index (χ0v) is 23.7.